The number of likely N-dealkylation sites (tertiary alicyclic amines) is 1. The van der Waals surface area contributed by atoms with Crippen molar-refractivity contribution in [3.8, 4) is 0 Å². The molecule has 0 aliphatic carbocycles. The number of benzene rings is 1. The maximum Gasteiger partial charge on any atom is 0.222 e. The zero-order chi connectivity index (χ0) is 15.4. The summed E-state index contributed by atoms with van der Waals surface area (Å²) in [6.45, 7) is 1.00. The Bertz CT molecular complexity index is 476. The van der Waals surface area contributed by atoms with E-state index in [2.05, 4.69) is 0 Å². The first-order valence-electron chi connectivity index (χ1n) is 7.34. The molecule has 1 fully saturated rings. The predicted molar refractivity (Wildman–Crippen MR) is 79.4 cm³/mol. The molecular weight excluding hydrogens is 271 g/mol. The van der Waals surface area contributed by atoms with Crippen LogP contribution in [0.1, 0.15) is 18.4 Å². The average Bonchev–Trinajstić information content (AvgIpc) is 2.83. The van der Waals surface area contributed by atoms with Gasteiger partial charge in [-0.3, -0.25) is 4.79 Å². The molecule has 1 aromatic carbocycles. The first-order chi connectivity index (χ1) is 9.97. The van der Waals surface area contributed by atoms with Crippen molar-refractivity contribution < 1.29 is 14.3 Å². The second kappa shape index (κ2) is 7.00. The van der Waals surface area contributed by atoms with Crippen molar-refractivity contribution in [1.82, 2.24) is 9.80 Å². The van der Waals surface area contributed by atoms with Gasteiger partial charge in [0.1, 0.15) is 5.82 Å². The highest BCUT2D eigenvalue weighted by molar-refractivity contribution is 5.76. The highest BCUT2D eigenvalue weighted by Crippen LogP contribution is 2.16. The van der Waals surface area contributed by atoms with E-state index in [-0.39, 0.29) is 17.8 Å². The van der Waals surface area contributed by atoms with E-state index in [1.807, 2.05) is 19.0 Å². The highest BCUT2D eigenvalue weighted by atomic mass is 19.1. The van der Waals surface area contributed by atoms with Crippen molar-refractivity contribution in [2.24, 2.45) is 0 Å². The number of aryl methyl sites for hydroxylation is 1. The second-order valence-corrected chi connectivity index (χ2v) is 5.88. The van der Waals surface area contributed by atoms with Crippen LogP contribution < -0.4 is 0 Å². The fraction of sp³-hybridized carbons (Fsp3) is 0.562. The van der Waals surface area contributed by atoms with Crippen molar-refractivity contribution in [3.63, 3.8) is 0 Å². The number of hydrogen-bond donors (Lipinski definition) is 1. The SMILES string of the molecule is CN(C)[C@H]1CN(C(=O)CCCc2ccc(F)cc2)C[C@@H]1O. The minimum Gasteiger partial charge on any atom is -0.390 e. The molecule has 21 heavy (non-hydrogen) atoms. The number of carbonyl (C=O) groups excluding carboxylic acids is 1. The monoisotopic (exact) mass is 294 g/mol. The van der Waals surface area contributed by atoms with Crippen LogP contribution in [0, 0.1) is 5.82 Å². The van der Waals surface area contributed by atoms with E-state index >= 15 is 0 Å². The van der Waals surface area contributed by atoms with E-state index in [1.165, 1.54) is 12.1 Å². The number of hydrogen-bond acceptors (Lipinski definition) is 3. The molecule has 1 heterocycles. The molecule has 0 spiro atoms. The molecule has 4 nitrogen and oxygen atoms in total. The maximum atomic E-state index is 12.8. The number of rotatable bonds is 5. The van der Waals surface area contributed by atoms with Crippen molar-refractivity contribution in [3.05, 3.63) is 35.6 Å². The molecule has 1 aromatic rings. The fourth-order valence-corrected chi connectivity index (χ4v) is 2.73. The summed E-state index contributed by atoms with van der Waals surface area (Å²) in [6.07, 6.45) is 1.49. The standard InChI is InChI=1S/C16H23FN2O2/c1-18(2)14-10-19(11-15(14)20)16(21)5-3-4-12-6-8-13(17)9-7-12/h6-9,14-15,20H,3-5,10-11H2,1-2H3/t14-,15-/m0/s1. The second-order valence-electron chi connectivity index (χ2n) is 5.88. The first-order valence-corrected chi connectivity index (χ1v) is 7.34. The lowest BCUT2D eigenvalue weighted by Gasteiger charge is -2.21. The van der Waals surface area contributed by atoms with Gasteiger partial charge in [0.2, 0.25) is 5.91 Å². The molecule has 0 aromatic heterocycles. The molecule has 2 rings (SSSR count). The fourth-order valence-electron chi connectivity index (χ4n) is 2.73. The van der Waals surface area contributed by atoms with E-state index in [4.69, 9.17) is 0 Å². The van der Waals surface area contributed by atoms with Crippen LogP contribution in [0.25, 0.3) is 0 Å². The van der Waals surface area contributed by atoms with Gasteiger partial charge < -0.3 is 14.9 Å². The topological polar surface area (TPSA) is 43.8 Å². The molecule has 1 aliphatic rings. The Labute approximate surface area is 125 Å². The van der Waals surface area contributed by atoms with Gasteiger partial charge in [-0.2, -0.15) is 0 Å². The summed E-state index contributed by atoms with van der Waals surface area (Å²) in [6, 6.07) is 6.40. The first kappa shape index (κ1) is 15.9. The summed E-state index contributed by atoms with van der Waals surface area (Å²) in [5, 5.41) is 9.94. The van der Waals surface area contributed by atoms with Crippen LogP contribution in [-0.4, -0.2) is 60.1 Å². The summed E-state index contributed by atoms with van der Waals surface area (Å²) >= 11 is 0. The van der Waals surface area contributed by atoms with E-state index in [9.17, 15) is 14.3 Å². The largest absolute Gasteiger partial charge is 0.390 e. The van der Waals surface area contributed by atoms with Crippen molar-refractivity contribution in [1.29, 1.82) is 0 Å². The Morgan fingerprint density at radius 2 is 2.00 bits per heavy atom. The van der Waals surface area contributed by atoms with E-state index in [0.717, 1.165) is 18.4 Å². The molecule has 5 heteroatoms. The third kappa shape index (κ3) is 4.25. The van der Waals surface area contributed by atoms with Crippen LogP contribution in [0.15, 0.2) is 24.3 Å². The van der Waals surface area contributed by atoms with Crippen LogP contribution in [0.3, 0.4) is 0 Å². The third-order valence-electron chi connectivity index (χ3n) is 4.04. The van der Waals surface area contributed by atoms with Gasteiger partial charge in [-0.15, -0.1) is 0 Å². The Balaban J connectivity index is 1.76. The van der Waals surface area contributed by atoms with Gasteiger partial charge in [-0.1, -0.05) is 12.1 Å². The van der Waals surface area contributed by atoms with E-state index in [0.29, 0.717) is 19.5 Å². The van der Waals surface area contributed by atoms with E-state index in [1.54, 1.807) is 17.0 Å². The quantitative estimate of drug-likeness (QED) is 0.890. The maximum absolute atomic E-state index is 12.8. The van der Waals surface area contributed by atoms with Crippen molar-refractivity contribution in [2.45, 2.75) is 31.4 Å². The Morgan fingerprint density at radius 3 is 2.57 bits per heavy atom. The lowest BCUT2D eigenvalue weighted by Crippen LogP contribution is -2.38. The van der Waals surface area contributed by atoms with Gasteiger partial charge in [0.25, 0.3) is 0 Å². The number of β-amino-alcohol motifs (C(OH)–C–C–N with tert-alkyl or cyclic N) is 1. The van der Waals surface area contributed by atoms with Gasteiger partial charge in [0.15, 0.2) is 0 Å². The summed E-state index contributed by atoms with van der Waals surface area (Å²) in [5.41, 5.74) is 1.04. The minimum atomic E-state index is -0.471. The van der Waals surface area contributed by atoms with Crippen LogP contribution >= 0.6 is 0 Å². The zero-order valence-electron chi connectivity index (χ0n) is 12.6. The molecule has 2 atom stereocenters. The molecule has 116 valence electrons. The minimum absolute atomic E-state index is 0.0195. The molecular formula is C16H23FN2O2. The predicted octanol–water partition coefficient (Wildman–Crippen LogP) is 1.28. The van der Waals surface area contributed by atoms with Crippen molar-refractivity contribution in [2.75, 3.05) is 27.2 Å². The number of halogens is 1. The van der Waals surface area contributed by atoms with Crippen LogP contribution in [-0.2, 0) is 11.2 Å². The number of aliphatic hydroxyl groups excluding tert-OH is 1. The Hall–Kier alpha value is -1.46. The molecule has 0 bridgehead atoms. The van der Waals surface area contributed by atoms with Crippen LogP contribution in [0.5, 0.6) is 0 Å². The third-order valence-corrected chi connectivity index (χ3v) is 4.04. The molecule has 1 N–H and O–H groups in total. The van der Waals surface area contributed by atoms with Gasteiger partial charge in [-0.05, 0) is 44.6 Å². The normalized spacial score (nSPS) is 22.0. The molecule has 1 saturated heterocycles. The van der Waals surface area contributed by atoms with Crippen molar-refractivity contribution >= 4 is 5.91 Å². The van der Waals surface area contributed by atoms with Crippen LogP contribution in [0.4, 0.5) is 4.39 Å². The highest BCUT2D eigenvalue weighted by Gasteiger charge is 2.34. The van der Waals surface area contributed by atoms with Gasteiger partial charge in [-0.25, -0.2) is 4.39 Å². The molecule has 0 radical (unpaired) electrons. The molecule has 0 unspecified atom stereocenters. The number of nitrogens with zero attached hydrogens (tertiary/aromatic N) is 2. The average molecular weight is 294 g/mol. The number of aliphatic hydroxyl groups is 1. The van der Waals surface area contributed by atoms with Gasteiger partial charge in [0.05, 0.1) is 12.1 Å². The number of carbonyl (C=O) groups is 1. The Kier molecular flexibility index (Phi) is 5.31. The number of likely N-dealkylation sites (N-methyl/N-ethyl adjacent to an activating group) is 1. The van der Waals surface area contributed by atoms with Crippen LogP contribution in [0.2, 0.25) is 0 Å². The molecule has 1 amide bonds. The molecule has 1 aliphatic heterocycles. The van der Waals surface area contributed by atoms with Gasteiger partial charge in [0, 0.05) is 19.5 Å². The lowest BCUT2D eigenvalue weighted by atomic mass is 10.1. The molecule has 0 saturated carbocycles. The zero-order valence-corrected chi connectivity index (χ0v) is 12.6. The smallest absolute Gasteiger partial charge is 0.222 e. The van der Waals surface area contributed by atoms with E-state index < -0.39 is 6.10 Å². The summed E-state index contributed by atoms with van der Waals surface area (Å²) in [4.78, 5) is 15.8. The Morgan fingerprint density at radius 1 is 1.33 bits per heavy atom. The summed E-state index contributed by atoms with van der Waals surface area (Å²) < 4.78 is 12.8. The summed E-state index contributed by atoms with van der Waals surface area (Å²) in [5.74, 6) is -0.156. The lowest BCUT2D eigenvalue weighted by molar-refractivity contribution is -0.130. The summed E-state index contributed by atoms with van der Waals surface area (Å²) in [7, 11) is 3.83. The van der Waals surface area contributed by atoms with Gasteiger partial charge >= 0.3 is 0 Å². The number of amides is 1.